The monoisotopic (exact) mass is 244 g/mol. The van der Waals surface area contributed by atoms with Crippen molar-refractivity contribution in [1.29, 1.82) is 0 Å². The molecule has 0 saturated carbocycles. The number of benzene rings is 1. The van der Waals surface area contributed by atoms with Gasteiger partial charge in [0.25, 0.3) is 0 Å². The lowest BCUT2D eigenvalue weighted by atomic mass is 10.1. The molecule has 1 unspecified atom stereocenters. The van der Waals surface area contributed by atoms with E-state index >= 15 is 0 Å². The summed E-state index contributed by atoms with van der Waals surface area (Å²) in [4.78, 5) is 2.49. The molecule has 0 bridgehead atoms. The molecule has 2 heteroatoms. The molecule has 1 aliphatic heterocycles. The first-order valence-corrected chi connectivity index (χ1v) is 6.99. The molecule has 0 aliphatic carbocycles. The van der Waals surface area contributed by atoms with Crippen LogP contribution in [0, 0.1) is 0 Å². The molecule has 1 fully saturated rings. The van der Waals surface area contributed by atoms with Crippen LogP contribution in [0.2, 0.25) is 0 Å². The molecule has 2 nitrogen and oxygen atoms in total. The Balaban J connectivity index is 1.57. The summed E-state index contributed by atoms with van der Waals surface area (Å²) in [5, 5.41) is 3.49. The summed E-state index contributed by atoms with van der Waals surface area (Å²) in [6, 6.07) is 11.3. The van der Waals surface area contributed by atoms with Crippen LogP contribution < -0.4 is 5.32 Å². The number of nitrogens with one attached hydrogen (secondary N) is 1. The molecule has 2 rings (SSSR count). The fourth-order valence-electron chi connectivity index (χ4n) is 2.56. The molecule has 1 aromatic carbocycles. The van der Waals surface area contributed by atoms with E-state index in [9.17, 15) is 0 Å². The molecule has 0 amide bonds. The van der Waals surface area contributed by atoms with Crippen LogP contribution in [-0.4, -0.2) is 37.6 Å². The van der Waals surface area contributed by atoms with Gasteiger partial charge < -0.3 is 10.2 Å². The average Bonchev–Trinajstić information content (AvgIpc) is 2.81. The molecule has 18 heavy (non-hydrogen) atoms. The van der Waals surface area contributed by atoms with Gasteiger partial charge in [-0.15, -0.1) is 0 Å². The van der Waals surface area contributed by atoms with Gasteiger partial charge in [-0.1, -0.05) is 42.5 Å². The number of likely N-dealkylation sites (tertiary alicyclic amines) is 1. The van der Waals surface area contributed by atoms with E-state index in [0.717, 1.165) is 19.1 Å². The maximum absolute atomic E-state index is 3.49. The molecule has 0 radical (unpaired) electrons. The Morgan fingerprint density at radius 3 is 2.89 bits per heavy atom. The standard InChI is InChI=1S/C16H24N2/c1-18-14-6-10-16(18)11-13-17-12-5-9-15-7-3-2-4-8-15/h2-5,7-9,16-17H,6,10-14H2,1H3/b9-5+. The van der Waals surface area contributed by atoms with E-state index in [1.54, 1.807) is 0 Å². The van der Waals surface area contributed by atoms with Crippen molar-refractivity contribution in [2.75, 3.05) is 26.7 Å². The van der Waals surface area contributed by atoms with Crippen molar-refractivity contribution in [3.63, 3.8) is 0 Å². The number of hydrogen-bond donors (Lipinski definition) is 1. The van der Waals surface area contributed by atoms with Gasteiger partial charge in [-0.2, -0.15) is 0 Å². The van der Waals surface area contributed by atoms with Crippen molar-refractivity contribution in [3.8, 4) is 0 Å². The lowest BCUT2D eigenvalue weighted by Crippen LogP contribution is -2.29. The molecule has 1 atom stereocenters. The summed E-state index contributed by atoms with van der Waals surface area (Å²) in [7, 11) is 2.24. The van der Waals surface area contributed by atoms with Gasteiger partial charge in [0, 0.05) is 12.6 Å². The summed E-state index contributed by atoms with van der Waals surface area (Å²) < 4.78 is 0. The van der Waals surface area contributed by atoms with Gasteiger partial charge in [0.2, 0.25) is 0 Å². The normalized spacial score (nSPS) is 20.8. The molecule has 1 aliphatic rings. The summed E-state index contributed by atoms with van der Waals surface area (Å²) in [5.74, 6) is 0. The summed E-state index contributed by atoms with van der Waals surface area (Å²) >= 11 is 0. The van der Waals surface area contributed by atoms with E-state index < -0.39 is 0 Å². The molecule has 1 saturated heterocycles. The zero-order valence-electron chi connectivity index (χ0n) is 11.3. The van der Waals surface area contributed by atoms with Gasteiger partial charge >= 0.3 is 0 Å². The van der Waals surface area contributed by atoms with Crippen molar-refractivity contribution in [2.45, 2.75) is 25.3 Å². The highest BCUT2D eigenvalue weighted by atomic mass is 15.1. The molecule has 0 aromatic heterocycles. The molecular formula is C16H24N2. The quantitative estimate of drug-likeness (QED) is 0.774. The molecule has 0 spiro atoms. The van der Waals surface area contributed by atoms with Crippen LogP contribution in [0.3, 0.4) is 0 Å². The first kappa shape index (κ1) is 13.3. The third-order valence-electron chi connectivity index (χ3n) is 3.70. The van der Waals surface area contributed by atoms with Crippen LogP contribution in [0.1, 0.15) is 24.8 Å². The third-order valence-corrected chi connectivity index (χ3v) is 3.70. The highest BCUT2D eigenvalue weighted by molar-refractivity contribution is 5.48. The molecule has 1 aromatic rings. The lowest BCUT2D eigenvalue weighted by Gasteiger charge is -2.18. The second kappa shape index (κ2) is 7.34. The first-order valence-electron chi connectivity index (χ1n) is 6.99. The van der Waals surface area contributed by atoms with Crippen molar-refractivity contribution < 1.29 is 0 Å². The Kier molecular flexibility index (Phi) is 5.43. The lowest BCUT2D eigenvalue weighted by molar-refractivity contribution is 0.294. The zero-order valence-corrected chi connectivity index (χ0v) is 11.3. The second-order valence-corrected chi connectivity index (χ2v) is 5.08. The largest absolute Gasteiger partial charge is 0.313 e. The summed E-state index contributed by atoms with van der Waals surface area (Å²) in [6.07, 6.45) is 8.39. The van der Waals surface area contributed by atoms with Gasteiger partial charge in [0.05, 0.1) is 0 Å². The van der Waals surface area contributed by atoms with E-state index in [0.29, 0.717) is 0 Å². The second-order valence-electron chi connectivity index (χ2n) is 5.08. The van der Waals surface area contributed by atoms with Crippen molar-refractivity contribution >= 4 is 6.08 Å². The molecule has 1 heterocycles. The Labute approximate surface area is 111 Å². The van der Waals surface area contributed by atoms with Crippen LogP contribution in [0.15, 0.2) is 36.4 Å². The molecule has 1 N–H and O–H groups in total. The first-order chi connectivity index (χ1) is 8.86. The summed E-state index contributed by atoms with van der Waals surface area (Å²) in [5.41, 5.74) is 1.27. The minimum atomic E-state index is 0.801. The van der Waals surface area contributed by atoms with E-state index in [2.05, 4.69) is 53.7 Å². The van der Waals surface area contributed by atoms with Crippen LogP contribution in [0.25, 0.3) is 6.08 Å². The van der Waals surface area contributed by atoms with Crippen LogP contribution in [-0.2, 0) is 0 Å². The average molecular weight is 244 g/mol. The van der Waals surface area contributed by atoms with E-state index in [4.69, 9.17) is 0 Å². The fourth-order valence-corrected chi connectivity index (χ4v) is 2.56. The van der Waals surface area contributed by atoms with E-state index in [1.807, 2.05) is 6.07 Å². The highest BCUT2D eigenvalue weighted by Gasteiger charge is 2.19. The smallest absolute Gasteiger partial charge is 0.0138 e. The zero-order chi connectivity index (χ0) is 12.6. The SMILES string of the molecule is CN1CCCC1CCNC/C=C/c1ccccc1. The Morgan fingerprint density at radius 2 is 2.17 bits per heavy atom. The van der Waals surface area contributed by atoms with Crippen LogP contribution in [0.5, 0.6) is 0 Å². The maximum Gasteiger partial charge on any atom is 0.0138 e. The summed E-state index contributed by atoms with van der Waals surface area (Å²) in [6.45, 7) is 3.36. The fraction of sp³-hybridized carbons (Fsp3) is 0.500. The molecular weight excluding hydrogens is 220 g/mol. The predicted molar refractivity (Wildman–Crippen MR) is 78.6 cm³/mol. The highest BCUT2D eigenvalue weighted by Crippen LogP contribution is 2.16. The van der Waals surface area contributed by atoms with Gasteiger partial charge in [-0.3, -0.25) is 0 Å². The number of nitrogens with zero attached hydrogens (tertiary/aromatic N) is 1. The predicted octanol–water partition coefficient (Wildman–Crippen LogP) is 2.77. The Bertz CT molecular complexity index is 359. The number of rotatable bonds is 6. The topological polar surface area (TPSA) is 15.3 Å². The van der Waals surface area contributed by atoms with Crippen LogP contribution in [0.4, 0.5) is 0 Å². The van der Waals surface area contributed by atoms with Gasteiger partial charge in [-0.05, 0) is 45.0 Å². The number of hydrogen-bond acceptors (Lipinski definition) is 2. The van der Waals surface area contributed by atoms with Gasteiger partial charge in [0.15, 0.2) is 0 Å². The minimum Gasteiger partial charge on any atom is -0.313 e. The van der Waals surface area contributed by atoms with E-state index in [1.165, 1.54) is 31.4 Å². The van der Waals surface area contributed by atoms with E-state index in [-0.39, 0.29) is 0 Å². The Morgan fingerprint density at radius 1 is 1.33 bits per heavy atom. The van der Waals surface area contributed by atoms with Crippen molar-refractivity contribution in [1.82, 2.24) is 10.2 Å². The van der Waals surface area contributed by atoms with Gasteiger partial charge in [-0.25, -0.2) is 0 Å². The van der Waals surface area contributed by atoms with Gasteiger partial charge in [0.1, 0.15) is 0 Å². The Hall–Kier alpha value is -1.12. The minimum absolute atomic E-state index is 0.801. The molecule has 98 valence electrons. The maximum atomic E-state index is 3.49. The van der Waals surface area contributed by atoms with Crippen LogP contribution >= 0.6 is 0 Å². The third kappa shape index (κ3) is 4.28. The van der Waals surface area contributed by atoms with Crippen molar-refractivity contribution in [2.24, 2.45) is 0 Å². The van der Waals surface area contributed by atoms with Crippen molar-refractivity contribution in [3.05, 3.63) is 42.0 Å².